The number of allylic oxidation sites excluding steroid dienone is 2. The zero-order valence-electron chi connectivity index (χ0n) is 14.4. The Balaban J connectivity index is 1.64. The van der Waals surface area contributed by atoms with Crippen molar-refractivity contribution < 1.29 is 8.78 Å². The van der Waals surface area contributed by atoms with Gasteiger partial charge in [-0.15, -0.1) is 0 Å². The van der Waals surface area contributed by atoms with Crippen molar-refractivity contribution in [3.05, 3.63) is 47.5 Å². The molecular weight excluding hydrogens is 290 g/mol. The van der Waals surface area contributed by atoms with Gasteiger partial charge in [-0.3, -0.25) is 0 Å². The summed E-state index contributed by atoms with van der Waals surface area (Å²) >= 11 is 0. The molecule has 1 aromatic rings. The molecule has 0 heterocycles. The van der Waals surface area contributed by atoms with Crippen LogP contribution >= 0.6 is 0 Å². The molecule has 1 aromatic carbocycles. The summed E-state index contributed by atoms with van der Waals surface area (Å²) in [6.07, 6.45) is 17.2. The lowest BCUT2D eigenvalue weighted by atomic mass is 9.79. The van der Waals surface area contributed by atoms with Crippen molar-refractivity contribution in [3.63, 3.8) is 0 Å². The summed E-state index contributed by atoms with van der Waals surface area (Å²) in [5, 5.41) is 0. The quantitative estimate of drug-likeness (QED) is 0.363. The Morgan fingerprint density at radius 3 is 2.52 bits per heavy atom. The Hall–Kier alpha value is -1.18. The lowest BCUT2D eigenvalue weighted by molar-refractivity contribution is 0.289. The number of hydrogen-bond donors (Lipinski definition) is 0. The third-order valence-corrected chi connectivity index (χ3v) is 5.10. The highest BCUT2D eigenvalue weighted by molar-refractivity contribution is 5.18. The van der Waals surface area contributed by atoms with Crippen molar-refractivity contribution in [3.8, 4) is 0 Å². The standard InChI is InChI=1S/C21H30F2/c1-2-3-4-7-17-10-12-18(13-11-17)8-5-6-9-19-14-15-20(22)21(23)16-19/h5,8,14-18H,2-4,6-7,9-13H2,1H3/t17-,18-. The van der Waals surface area contributed by atoms with Gasteiger partial charge in [-0.1, -0.05) is 50.8 Å². The Bertz CT molecular complexity index is 485. The van der Waals surface area contributed by atoms with Gasteiger partial charge in [0, 0.05) is 0 Å². The lowest BCUT2D eigenvalue weighted by Crippen LogP contribution is -2.13. The van der Waals surface area contributed by atoms with Crippen LogP contribution in [-0.2, 0) is 6.42 Å². The maximum atomic E-state index is 13.1. The molecule has 0 aromatic heterocycles. The molecule has 2 heteroatoms. The van der Waals surface area contributed by atoms with Gasteiger partial charge in [0.2, 0.25) is 0 Å². The maximum Gasteiger partial charge on any atom is 0.159 e. The Morgan fingerprint density at radius 2 is 1.83 bits per heavy atom. The molecule has 1 aliphatic carbocycles. The number of halogens is 2. The Labute approximate surface area is 140 Å². The molecule has 0 radical (unpaired) electrons. The molecule has 0 bridgehead atoms. The molecule has 1 fully saturated rings. The molecule has 1 saturated carbocycles. The van der Waals surface area contributed by atoms with Crippen LogP contribution in [0.1, 0.15) is 70.3 Å². The summed E-state index contributed by atoms with van der Waals surface area (Å²) in [5.74, 6) is 0.170. The molecular formula is C21H30F2. The van der Waals surface area contributed by atoms with Crippen LogP contribution in [0.15, 0.2) is 30.4 Å². The third kappa shape index (κ3) is 6.45. The average Bonchev–Trinajstić information content (AvgIpc) is 2.56. The van der Waals surface area contributed by atoms with Crippen LogP contribution in [0, 0.1) is 23.5 Å². The van der Waals surface area contributed by atoms with E-state index in [4.69, 9.17) is 0 Å². The van der Waals surface area contributed by atoms with E-state index in [2.05, 4.69) is 19.1 Å². The van der Waals surface area contributed by atoms with Gasteiger partial charge in [0.15, 0.2) is 11.6 Å². The first-order valence-electron chi connectivity index (χ1n) is 9.29. The van der Waals surface area contributed by atoms with Crippen LogP contribution in [0.4, 0.5) is 8.78 Å². The predicted molar refractivity (Wildman–Crippen MR) is 93.4 cm³/mol. The van der Waals surface area contributed by atoms with E-state index >= 15 is 0 Å². The smallest absolute Gasteiger partial charge is 0.159 e. The molecule has 0 spiro atoms. The highest BCUT2D eigenvalue weighted by atomic mass is 19.2. The number of rotatable bonds is 8. The summed E-state index contributed by atoms with van der Waals surface area (Å²) in [6.45, 7) is 2.27. The van der Waals surface area contributed by atoms with E-state index in [1.54, 1.807) is 6.07 Å². The first kappa shape index (κ1) is 18.2. The Kier molecular flexibility index (Phi) is 7.78. The molecule has 0 unspecified atom stereocenters. The van der Waals surface area contributed by atoms with Crippen molar-refractivity contribution in [1.82, 2.24) is 0 Å². The zero-order chi connectivity index (χ0) is 16.5. The van der Waals surface area contributed by atoms with E-state index in [-0.39, 0.29) is 0 Å². The molecule has 23 heavy (non-hydrogen) atoms. The van der Waals surface area contributed by atoms with E-state index in [1.165, 1.54) is 63.5 Å². The molecule has 0 amide bonds. The molecule has 0 N–H and O–H groups in total. The van der Waals surface area contributed by atoms with Crippen molar-refractivity contribution in [2.75, 3.05) is 0 Å². The van der Waals surface area contributed by atoms with Crippen LogP contribution in [0.25, 0.3) is 0 Å². The van der Waals surface area contributed by atoms with Crippen LogP contribution in [-0.4, -0.2) is 0 Å². The highest BCUT2D eigenvalue weighted by Crippen LogP contribution is 2.32. The topological polar surface area (TPSA) is 0 Å². The lowest BCUT2D eigenvalue weighted by Gasteiger charge is -2.26. The van der Waals surface area contributed by atoms with Crippen molar-refractivity contribution in [2.24, 2.45) is 11.8 Å². The summed E-state index contributed by atoms with van der Waals surface area (Å²) in [7, 11) is 0. The zero-order valence-corrected chi connectivity index (χ0v) is 14.4. The Morgan fingerprint density at radius 1 is 1.04 bits per heavy atom. The summed E-state index contributed by atoms with van der Waals surface area (Å²) in [6, 6.07) is 4.20. The normalized spacial score (nSPS) is 21.9. The van der Waals surface area contributed by atoms with Gasteiger partial charge >= 0.3 is 0 Å². The highest BCUT2D eigenvalue weighted by Gasteiger charge is 2.18. The minimum atomic E-state index is -0.764. The molecule has 0 aliphatic heterocycles. The second-order valence-electron chi connectivity index (χ2n) is 6.99. The van der Waals surface area contributed by atoms with Gasteiger partial charge in [-0.25, -0.2) is 8.78 Å². The second kappa shape index (κ2) is 9.85. The second-order valence-corrected chi connectivity index (χ2v) is 6.99. The molecule has 1 aliphatic rings. The first-order valence-corrected chi connectivity index (χ1v) is 9.29. The van der Waals surface area contributed by atoms with Gasteiger partial charge in [-0.05, 0) is 68.1 Å². The van der Waals surface area contributed by atoms with Crippen LogP contribution in [0.5, 0.6) is 0 Å². The summed E-state index contributed by atoms with van der Waals surface area (Å²) < 4.78 is 26.0. The van der Waals surface area contributed by atoms with Crippen LogP contribution in [0.2, 0.25) is 0 Å². The van der Waals surface area contributed by atoms with Crippen LogP contribution in [0.3, 0.4) is 0 Å². The van der Waals surface area contributed by atoms with Gasteiger partial charge in [-0.2, -0.15) is 0 Å². The SMILES string of the molecule is CCCCC[C@H]1CC[C@H](C=CCCc2ccc(F)c(F)c2)CC1. The molecule has 2 rings (SSSR count). The fourth-order valence-electron chi connectivity index (χ4n) is 3.59. The van der Waals surface area contributed by atoms with Gasteiger partial charge in [0.25, 0.3) is 0 Å². The van der Waals surface area contributed by atoms with Crippen molar-refractivity contribution in [1.29, 1.82) is 0 Å². The number of aryl methyl sites for hydroxylation is 1. The van der Waals surface area contributed by atoms with Gasteiger partial charge < -0.3 is 0 Å². The average molecular weight is 320 g/mol. The minimum Gasteiger partial charge on any atom is -0.204 e. The van der Waals surface area contributed by atoms with E-state index in [9.17, 15) is 8.78 Å². The third-order valence-electron chi connectivity index (χ3n) is 5.10. The van der Waals surface area contributed by atoms with E-state index in [0.29, 0.717) is 0 Å². The fourth-order valence-corrected chi connectivity index (χ4v) is 3.59. The van der Waals surface area contributed by atoms with E-state index in [1.807, 2.05) is 0 Å². The largest absolute Gasteiger partial charge is 0.204 e. The number of hydrogen-bond acceptors (Lipinski definition) is 0. The van der Waals surface area contributed by atoms with E-state index < -0.39 is 11.6 Å². The minimum absolute atomic E-state index is 0.724. The fraction of sp³-hybridized carbons (Fsp3) is 0.619. The van der Waals surface area contributed by atoms with Gasteiger partial charge in [0.1, 0.15) is 0 Å². The first-order chi connectivity index (χ1) is 11.2. The number of benzene rings is 1. The van der Waals surface area contributed by atoms with Crippen molar-refractivity contribution >= 4 is 0 Å². The van der Waals surface area contributed by atoms with Crippen LogP contribution < -0.4 is 0 Å². The molecule has 0 atom stereocenters. The summed E-state index contributed by atoms with van der Waals surface area (Å²) in [4.78, 5) is 0. The van der Waals surface area contributed by atoms with Gasteiger partial charge in [0.05, 0.1) is 0 Å². The van der Waals surface area contributed by atoms with E-state index in [0.717, 1.165) is 30.2 Å². The van der Waals surface area contributed by atoms with Crippen molar-refractivity contribution in [2.45, 2.75) is 71.1 Å². The maximum absolute atomic E-state index is 13.1. The molecule has 128 valence electrons. The summed E-state index contributed by atoms with van der Waals surface area (Å²) in [5.41, 5.74) is 0.869. The number of unbranched alkanes of at least 4 members (excludes halogenated alkanes) is 2. The molecule has 0 nitrogen and oxygen atoms in total. The monoisotopic (exact) mass is 320 g/mol. The predicted octanol–water partition coefficient (Wildman–Crippen LogP) is 6.84. The molecule has 0 saturated heterocycles.